The topological polar surface area (TPSA) is 24.9 Å². The molecule has 2 aromatic rings. The highest BCUT2D eigenvalue weighted by Gasteiger charge is 1.96. The molecular formula is C12H10BrClN2. The fraction of sp³-hybridized carbons (Fsp3) is 0.0833. The summed E-state index contributed by atoms with van der Waals surface area (Å²) in [6, 6.07) is 13.7. The molecule has 0 aliphatic heterocycles. The molecule has 2 nitrogen and oxygen atoms in total. The quantitative estimate of drug-likeness (QED) is 0.862. The minimum absolute atomic E-state index is 0.501. The van der Waals surface area contributed by atoms with Crippen LogP contribution < -0.4 is 5.32 Å². The molecule has 0 spiro atoms. The number of halogens is 2. The zero-order valence-electron chi connectivity index (χ0n) is 8.45. The van der Waals surface area contributed by atoms with Gasteiger partial charge in [-0.15, -0.1) is 0 Å². The van der Waals surface area contributed by atoms with Crippen LogP contribution in [0.2, 0.25) is 5.15 Å². The molecule has 2 rings (SSSR count). The van der Waals surface area contributed by atoms with Gasteiger partial charge in [0, 0.05) is 11.0 Å². The minimum atomic E-state index is 0.501. The van der Waals surface area contributed by atoms with Gasteiger partial charge in [0.15, 0.2) is 0 Å². The highest BCUT2D eigenvalue weighted by atomic mass is 79.9. The molecule has 0 unspecified atom stereocenters. The van der Waals surface area contributed by atoms with E-state index < -0.39 is 0 Å². The van der Waals surface area contributed by atoms with Gasteiger partial charge in [-0.3, -0.25) is 0 Å². The van der Waals surface area contributed by atoms with Gasteiger partial charge in [0.25, 0.3) is 0 Å². The number of aromatic nitrogens is 1. The maximum Gasteiger partial charge on any atom is 0.131 e. The molecule has 0 bridgehead atoms. The Morgan fingerprint density at radius 3 is 2.56 bits per heavy atom. The normalized spacial score (nSPS) is 10.1. The molecule has 0 aliphatic carbocycles. The zero-order valence-corrected chi connectivity index (χ0v) is 10.8. The molecule has 0 aliphatic rings. The van der Waals surface area contributed by atoms with Crippen LogP contribution in [0.25, 0.3) is 0 Å². The summed E-state index contributed by atoms with van der Waals surface area (Å²) in [5.41, 5.74) is 1.20. The van der Waals surface area contributed by atoms with Crippen molar-refractivity contribution in [3.05, 3.63) is 57.7 Å². The largest absolute Gasteiger partial charge is 0.366 e. The number of benzene rings is 1. The van der Waals surface area contributed by atoms with E-state index >= 15 is 0 Å². The molecule has 0 saturated heterocycles. The maximum atomic E-state index is 5.79. The standard InChI is InChI=1S/C12H10BrClN2/c13-10-6-4-9(5-7-10)8-15-12-3-1-2-11(14)16-12/h1-7H,8H2,(H,15,16). The van der Waals surface area contributed by atoms with Crippen LogP contribution >= 0.6 is 27.5 Å². The predicted octanol–water partition coefficient (Wildman–Crippen LogP) is 4.11. The molecule has 1 aromatic carbocycles. The second-order valence-corrected chi connectivity index (χ2v) is 4.63. The smallest absolute Gasteiger partial charge is 0.131 e. The van der Waals surface area contributed by atoms with E-state index in [-0.39, 0.29) is 0 Å². The Bertz CT molecular complexity index is 471. The molecule has 1 aromatic heterocycles. The zero-order chi connectivity index (χ0) is 11.4. The lowest BCUT2D eigenvalue weighted by molar-refractivity contribution is 1.11. The lowest BCUT2D eigenvalue weighted by atomic mass is 10.2. The van der Waals surface area contributed by atoms with E-state index in [4.69, 9.17) is 11.6 Å². The Morgan fingerprint density at radius 2 is 1.88 bits per heavy atom. The number of anilines is 1. The summed E-state index contributed by atoms with van der Waals surface area (Å²) < 4.78 is 1.08. The van der Waals surface area contributed by atoms with Crippen LogP contribution in [0, 0.1) is 0 Å². The predicted molar refractivity (Wildman–Crippen MR) is 70.7 cm³/mol. The second-order valence-electron chi connectivity index (χ2n) is 3.33. The summed E-state index contributed by atoms with van der Waals surface area (Å²) >= 11 is 9.19. The third kappa shape index (κ3) is 3.22. The summed E-state index contributed by atoms with van der Waals surface area (Å²) in [6.45, 7) is 0.737. The van der Waals surface area contributed by atoms with E-state index in [1.54, 1.807) is 6.07 Å². The first-order valence-corrected chi connectivity index (χ1v) is 6.02. The van der Waals surface area contributed by atoms with E-state index in [9.17, 15) is 0 Å². The molecule has 0 atom stereocenters. The number of rotatable bonds is 3. The third-order valence-electron chi connectivity index (χ3n) is 2.10. The number of pyridine rings is 1. The van der Waals surface area contributed by atoms with Crippen molar-refractivity contribution in [3.63, 3.8) is 0 Å². The van der Waals surface area contributed by atoms with Crippen molar-refractivity contribution in [2.75, 3.05) is 5.32 Å². The summed E-state index contributed by atoms with van der Waals surface area (Å²) in [6.07, 6.45) is 0. The van der Waals surface area contributed by atoms with Crippen LogP contribution in [0.3, 0.4) is 0 Å². The van der Waals surface area contributed by atoms with Gasteiger partial charge in [0.1, 0.15) is 11.0 Å². The molecule has 0 radical (unpaired) electrons. The van der Waals surface area contributed by atoms with Crippen molar-refractivity contribution in [1.29, 1.82) is 0 Å². The molecule has 1 heterocycles. The summed E-state index contributed by atoms with van der Waals surface area (Å²) in [4.78, 5) is 4.15. The second kappa shape index (κ2) is 5.32. The highest BCUT2D eigenvalue weighted by Crippen LogP contribution is 2.13. The molecule has 4 heteroatoms. The van der Waals surface area contributed by atoms with Crippen molar-refractivity contribution < 1.29 is 0 Å². The Labute approximate surface area is 108 Å². The van der Waals surface area contributed by atoms with E-state index in [0.29, 0.717) is 5.15 Å². The van der Waals surface area contributed by atoms with Gasteiger partial charge >= 0.3 is 0 Å². The fourth-order valence-electron chi connectivity index (χ4n) is 1.30. The Kier molecular flexibility index (Phi) is 3.80. The first kappa shape index (κ1) is 11.4. The van der Waals surface area contributed by atoms with E-state index in [2.05, 4.69) is 38.4 Å². The Hall–Kier alpha value is -1.06. The molecule has 16 heavy (non-hydrogen) atoms. The van der Waals surface area contributed by atoms with Crippen LogP contribution in [0.5, 0.6) is 0 Å². The summed E-state index contributed by atoms with van der Waals surface area (Å²) in [5.74, 6) is 0.787. The molecule has 82 valence electrons. The number of hydrogen-bond donors (Lipinski definition) is 1. The van der Waals surface area contributed by atoms with Gasteiger partial charge < -0.3 is 5.32 Å². The van der Waals surface area contributed by atoms with Gasteiger partial charge in [0.2, 0.25) is 0 Å². The van der Waals surface area contributed by atoms with Gasteiger partial charge in [-0.1, -0.05) is 45.7 Å². The molecule has 0 saturated carbocycles. The van der Waals surface area contributed by atoms with Crippen LogP contribution in [0.1, 0.15) is 5.56 Å². The summed E-state index contributed by atoms with van der Waals surface area (Å²) in [7, 11) is 0. The average Bonchev–Trinajstić information content (AvgIpc) is 2.28. The maximum absolute atomic E-state index is 5.79. The molecule has 0 amide bonds. The van der Waals surface area contributed by atoms with Crippen molar-refractivity contribution in [3.8, 4) is 0 Å². The van der Waals surface area contributed by atoms with Gasteiger partial charge in [-0.2, -0.15) is 0 Å². The minimum Gasteiger partial charge on any atom is -0.366 e. The average molecular weight is 298 g/mol. The van der Waals surface area contributed by atoms with Gasteiger partial charge in [-0.05, 0) is 29.8 Å². The number of nitrogens with zero attached hydrogens (tertiary/aromatic N) is 1. The van der Waals surface area contributed by atoms with Crippen molar-refractivity contribution in [2.24, 2.45) is 0 Å². The van der Waals surface area contributed by atoms with Gasteiger partial charge in [0.05, 0.1) is 0 Å². The highest BCUT2D eigenvalue weighted by molar-refractivity contribution is 9.10. The van der Waals surface area contributed by atoms with E-state index in [1.807, 2.05) is 24.3 Å². The van der Waals surface area contributed by atoms with Crippen LogP contribution in [0.15, 0.2) is 46.9 Å². The van der Waals surface area contributed by atoms with Crippen LogP contribution in [-0.4, -0.2) is 4.98 Å². The lowest BCUT2D eigenvalue weighted by Gasteiger charge is -2.05. The SMILES string of the molecule is Clc1cccc(NCc2ccc(Br)cc2)n1. The fourth-order valence-corrected chi connectivity index (χ4v) is 1.73. The van der Waals surface area contributed by atoms with Crippen LogP contribution in [0.4, 0.5) is 5.82 Å². The molecular weight excluding hydrogens is 288 g/mol. The number of nitrogens with one attached hydrogen (secondary N) is 1. The summed E-state index contributed by atoms with van der Waals surface area (Å²) in [5, 5.41) is 3.71. The number of hydrogen-bond acceptors (Lipinski definition) is 2. The van der Waals surface area contributed by atoms with Crippen LogP contribution in [-0.2, 0) is 6.54 Å². The monoisotopic (exact) mass is 296 g/mol. The van der Waals surface area contributed by atoms with Crippen molar-refractivity contribution in [2.45, 2.75) is 6.54 Å². The first-order valence-electron chi connectivity index (χ1n) is 4.85. The van der Waals surface area contributed by atoms with E-state index in [1.165, 1.54) is 5.56 Å². The lowest BCUT2D eigenvalue weighted by Crippen LogP contribution is -2.00. The third-order valence-corrected chi connectivity index (χ3v) is 2.84. The molecule has 1 N–H and O–H groups in total. The molecule has 0 fully saturated rings. The van der Waals surface area contributed by atoms with Crippen molar-refractivity contribution >= 4 is 33.3 Å². The van der Waals surface area contributed by atoms with Gasteiger partial charge in [-0.25, -0.2) is 4.98 Å². The van der Waals surface area contributed by atoms with E-state index in [0.717, 1.165) is 16.8 Å². The Balaban J connectivity index is 1.99. The van der Waals surface area contributed by atoms with Crippen molar-refractivity contribution in [1.82, 2.24) is 4.98 Å². The first-order chi connectivity index (χ1) is 7.74. The Morgan fingerprint density at radius 1 is 1.12 bits per heavy atom.